The van der Waals surface area contributed by atoms with Crippen LogP contribution in [0, 0.1) is 5.92 Å². The van der Waals surface area contributed by atoms with Gasteiger partial charge in [0.1, 0.15) is 0 Å². The van der Waals surface area contributed by atoms with Crippen molar-refractivity contribution in [3.8, 4) is 0 Å². The van der Waals surface area contributed by atoms with Crippen LogP contribution < -0.4 is 10.0 Å². The van der Waals surface area contributed by atoms with Crippen molar-refractivity contribution in [2.75, 3.05) is 18.4 Å². The van der Waals surface area contributed by atoms with Gasteiger partial charge in [0, 0.05) is 31.2 Å². The van der Waals surface area contributed by atoms with E-state index in [4.69, 9.17) is 5.11 Å². The lowest BCUT2D eigenvalue weighted by Gasteiger charge is -2.42. The number of carboxylic acid groups (broad SMARTS) is 1. The van der Waals surface area contributed by atoms with Gasteiger partial charge in [-0.1, -0.05) is 0 Å². The maximum absolute atomic E-state index is 12.5. The highest BCUT2D eigenvalue weighted by Crippen LogP contribution is 2.34. The minimum atomic E-state index is -3.65. The van der Waals surface area contributed by atoms with Crippen molar-refractivity contribution in [1.29, 1.82) is 0 Å². The van der Waals surface area contributed by atoms with Crippen molar-refractivity contribution in [3.05, 3.63) is 24.3 Å². The second-order valence-corrected chi connectivity index (χ2v) is 9.13. The zero-order valence-corrected chi connectivity index (χ0v) is 16.0. The van der Waals surface area contributed by atoms with Gasteiger partial charge in [-0.15, -0.1) is 0 Å². The molecule has 2 fully saturated rings. The molecule has 1 amide bonds. The van der Waals surface area contributed by atoms with Crippen molar-refractivity contribution in [2.24, 2.45) is 5.92 Å². The summed E-state index contributed by atoms with van der Waals surface area (Å²) >= 11 is 0. The molecule has 2 aliphatic carbocycles. The molecule has 9 heteroatoms. The molecule has 0 saturated heterocycles. The predicted octanol–water partition coefficient (Wildman–Crippen LogP) is 1.25. The Morgan fingerprint density at radius 1 is 1.19 bits per heavy atom. The van der Waals surface area contributed by atoms with E-state index in [1.807, 2.05) is 4.90 Å². The first-order chi connectivity index (χ1) is 12.7. The molecule has 8 nitrogen and oxygen atoms in total. The molecule has 0 aromatic heterocycles. The van der Waals surface area contributed by atoms with Gasteiger partial charge in [0.15, 0.2) is 0 Å². The largest absolute Gasteiger partial charge is 0.480 e. The number of benzene rings is 1. The Hall–Kier alpha value is -1.97. The van der Waals surface area contributed by atoms with Gasteiger partial charge in [-0.25, -0.2) is 13.1 Å². The van der Waals surface area contributed by atoms with E-state index in [2.05, 4.69) is 10.0 Å². The van der Waals surface area contributed by atoms with Crippen LogP contribution in [0.5, 0.6) is 0 Å². The number of nitrogens with one attached hydrogen (secondary N) is 2. The average Bonchev–Trinajstić information content (AvgIpc) is 3.33. The molecule has 1 aromatic carbocycles. The quantitative estimate of drug-likeness (QED) is 0.580. The summed E-state index contributed by atoms with van der Waals surface area (Å²) in [7, 11) is -3.65. The van der Waals surface area contributed by atoms with E-state index in [0.29, 0.717) is 24.4 Å². The number of carbonyl (C=O) groups is 2. The summed E-state index contributed by atoms with van der Waals surface area (Å²) in [5.74, 6) is -0.484. The zero-order valence-electron chi connectivity index (χ0n) is 15.2. The number of nitrogens with zero attached hydrogens (tertiary/aromatic N) is 1. The minimum Gasteiger partial charge on any atom is -0.480 e. The summed E-state index contributed by atoms with van der Waals surface area (Å²) in [6, 6.07) is 5.91. The maximum Gasteiger partial charge on any atom is 0.317 e. The molecule has 1 aromatic rings. The van der Waals surface area contributed by atoms with Gasteiger partial charge in [-0.2, -0.15) is 0 Å². The van der Waals surface area contributed by atoms with Crippen LogP contribution in [0.25, 0.3) is 0 Å². The molecule has 0 aliphatic heterocycles. The molecule has 2 saturated carbocycles. The standard InChI is InChI=1S/C18H25N3O5S/c1-12(22)19-14-4-6-17(7-5-14)27(25,26)20-15-8-16(9-15)21(11-18(23)24)10-13-2-3-13/h4-7,13,15-16,20H,2-3,8-11H2,1H3,(H,19,22)(H,23,24). The van der Waals surface area contributed by atoms with Crippen molar-refractivity contribution >= 4 is 27.6 Å². The van der Waals surface area contributed by atoms with Gasteiger partial charge in [-0.05, 0) is 55.9 Å². The monoisotopic (exact) mass is 395 g/mol. The number of amides is 1. The van der Waals surface area contributed by atoms with Crippen LogP contribution in [0.3, 0.4) is 0 Å². The maximum atomic E-state index is 12.5. The van der Waals surface area contributed by atoms with Gasteiger partial charge >= 0.3 is 5.97 Å². The predicted molar refractivity (Wildman–Crippen MR) is 99.8 cm³/mol. The van der Waals surface area contributed by atoms with E-state index in [1.165, 1.54) is 19.1 Å². The van der Waals surface area contributed by atoms with E-state index >= 15 is 0 Å². The molecule has 27 heavy (non-hydrogen) atoms. The van der Waals surface area contributed by atoms with Crippen LogP contribution >= 0.6 is 0 Å². The number of hydrogen-bond donors (Lipinski definition) is 3. The number of rotatable bonds is 9. The van der Waals surface area contributed by atoms with Crippen LogP contribution in [-0.4, -0.2) is 55.5 Å². The molecule has 0 heterocycles. The molecule has 0 bridgehead atoms. The number of carboxylic acids is 1. The fourth-order valence-electron chi connectivity index (χ4n) is 3.34. The lowest BCUT2D eigenvalue weighted by atomic mass is 9.86. The SMILES string of the molecule is CC(=O)Nc1ccc(S(=O)(=O)NC2CC(N(CC(=O)O)CC3CC3)C2)cc1. The van der Waals surface area contributed by atoms with Crippen molar-refractivity contribution in [1.82, 2.24) is 9.62 Å². The summed E-state index contributed by atoms with van der Waals surface area (Å²) in [5.41, 5.74) is 0.537. The molecular formula is C18H25N3O5S. The lowest BCUT2D eigenvalue weighted by molar-refractivity contribution is -0.139. The molecular weight excluding hydrogens is 370 g/mol. The second kappa shape index (κ2) is 7.95. The molecule has 0 radical (unpaired) electrons. The van der Waals surface area contributed by atoms with Gasteiger partial charge < -0.3 is 10.4 Å². The topological polar surface area (TPSA) is 116 Å². The van der Waals surface area contributed by atoms with Crippen molar-refractivity contribution < 1.29 is 23.1 Å². The minimum absolute atomic E-state index is 0.00521. The summed E-state index contributed by atoms with van der Waals surface area (Å²) in [5, 5.41) is 11.7. The fourth-order valence-corrected chi connectivity index (χ4v) is 4.60. The number of anilines is 1. The third-order valence-electron chi connectivity index (χ3n) is 4.96. The third-order valence-corrected chi connectivity index (χ3v) is 6.50. The van der Waals surface area contributed by atoms with Crippen LogP contribution in [0.2, 0.25) is 0 Å². The van der Waals surface area contributed by atoms with Crippen LogP contribution in [0.1, 0.15) is 32.6 Å². The summed E-state index contributed by atoms with van der Waals surface area (Å²) in [6.07, 6.45) is 3.52. The fraction of sp³-hybridized carbons (Fsp3) is 0.556. The van der Waals surface area contributed by atoms with Crippen molar-refractivity contribution in [2.45, 2.75) is 49.6 Å². The second-order valence-electron chi connectivity index (χ2n) is 7.42. The molecule has 0 spiro atoms. The van der Waals surface area contributed by atoms with E-state index in [9.17, 15) is 18.0 Å². The zero-order chi connectivity index (χ0) is 19.6. The van der Waals surface area contributed by atoms with Gasteiger partial charge in [0.2, 0.25) is 15.9 Å². The average molecular weight is 395 g/mol. The molecule has 3 N–H and O–H groups in total. The molecule has 0 atom stereocenters. The molecule has 0 unspecified atom stereocenters. The Morgan fingerprint density at radius 3 is 2.33 bits per heavy atom. The number of carbonyl (C=O) groups excluding carboxylic acids is 1. The summed E-state index contributed by atoms with van der Waals surface area (Å²) in [6.45, 7) is 2.17. The Balaban J connectivity index is 1.54. The Bertz CT molecular complexity index is 799. The molecule has 2 aliphatic rings. The smallest absolute Gasteiger partial charge is 0.317 e. The number of aliphatic carboxylic acids is 1. The summed E-state index contributed by atoms with van der Waals surface area (Å²) < 4.78 is 27.7. The first-order valence-corrected chi connectivity index (χ1v) is 10.6. The van der Waals surface area contributed by atoms with Crippen LogP contribution in [0.15, 0.2) is 29.2 Å². The number of sulfonamides is 1. The highest BCUT2D eigenvalue weighted by molar-refractivity contribution is 7.89. The van der Waals surface area contributed by atoms with Crippen LogP contribution in [-0.2, 0) is 19.6 Å². The van der Waals surface area contributed by atoms with E-state index in [-0.39, 0.29) is 29.4 Å². The van der Waals surface area contributed by atoms with Crippen molar-refractivity contribution in [3.63, 3.8) is 0 Å². The van der Waals surface area contributed by atoms with Gasteiger partial charge in [-0.3, -0.25) is 14.5 Å². The molecule has 3 rings (SSSR count). The first-order valence-electron chi connectivity index (χ1n) is 9.09. The molecule has 148 valence electrons. The first kappa shape index (κ1) is 19.8. The normalized spacial score (nSPS) is 22.3. The van der Waals surface area contributed by atoms with E-state index in [0.717, 1.165) is 19.4 Å². The van der Waals surface area contributed by atoms with Crippen LogP contribution in [0.4, 0.5) is 5.69 Å². The summed E-state index contributed by atoms with van der Waals surface area (Å²) in [4.78, 5) is 24.2. The Labute approximate surface area is 159 Å². The van der Waals surface area contributed by atoms with E-state index < -0.39 is 16.0 Å². The highest BCUT2D eigenvalue weighted by Gasteiger charge is 2.38. The van der Waals surface area contributed by atoms with Gasteiger partial charge in [0.05, 0.1) is 11.4 Å². The Morgan fingerprint density at radius 2 is 1.81 bits per heavy atom. The highest BCUT2D eigenvalue weighted by atomic mass is 32.2. The van der Waals surface area contributed by atoms with E-state index in [1.54, 1.807) is 12.1 Å². The Kier molecular flexibility index (Phi) is 5.83. The number of hydrogen-bond acceptors (Lipinski definition) is 5. The lowest BCUT2D eigenvalue weighted by Crippen LogP contribution is -2.55. The van der Waals surface area contributed by atoms with Gasteiger partial charge in [0.25, 0.3) is 0 Å². The third kappa shape index (κ3) is 5.50.